The number of hydrogen-bond acceptors (Lipinski definition) is 5. The van der Waals surface area contributed by atoms with Crippen LogP contribution in [0, 0.1) is 13.8 Å². The Hall–Kier alpha value is -1.24. The van der Waals surface area contributed by atoms with Crippen LogP contribution in [0.1, 0.15) is 27.4 Å². The fourth-order valence-corrected chi connectivity index (χ4v) is 2.86. The molecule has 0 aliphatic rings. The Bertz CT molecular complexity index is 502. The second-order valence-corrected chi connectivity index (χ2v) is 5.30. The number of hydrazine groups is 1. The summed E-state index contributed by atoms with van der Waals surface area (Å²) in [7, 11) is 1.99. The summed E-state index contributed by atoms with van der Waals surface area (Å²) in [5.74, 6) is 6.65. The first-order chi connectivity index (χ1) is 8.11. The van der Waals surface area contributed by atoms with Gasteiger partial charge in [0.05, 0.1) is 16.7 Å². The van der Waals surface area contributed by atoms with Gasteiger partial charge in [-0.1, -0.05) is 0 Å². The molecule has 0 aromatic carbocycles. The molecule has 0 aliphatic carbocycles. The molecule has 2 rings (SSSR count). The molecule has 3 N–H and O–H groups in total. The van der Waals surface area contributed by atoms with E-state index >= 15 is 0 Å². The first-order valence-electron chi connectivity index (χ1n) is 5.48. The molecule has 0 aliphatic heterocycles. The van der Waals surface area contributed by atoms with Gasteiger partial charge in [-0.05, 0) is 13.8 Å². The number of hydrogen-bond donors (Lipinski definition) is 2. The monoisotopic (exact) mass is 251 g/mol. The van der Waals surface area contributed by atoms with Crippen LogP contribution in [0.5, 0.6) is 0 Å². The van der Waals surface area contributed by atoms with Crippen molar-refractivity contribution in [1.82, 2.24) is 20.0 Å². The number of thiazole rings is 1. The van der Waals surface area contributed by atoms with Gasteiger partial charge in [0.25, 0.3) is 0 Å². The first-order valence-corrected chi connectivity index (χ1v) is 6.29. The van der Waals surface area contributed by atoms with E-state index in [9.17, 15) is 0 Å². The van der Waals surface area contributed by atoms with Gasteiger partial charge < -0.3 is 4.57 Å². The molecular formula is C11H17N5S. The average molecular weight is 251 g/mol. The molecular weight excluding hydrogens is 234 g/mol. The van der Waals surface area contributed by atoms with Gasteiger partial charge in [-0.2, -0.15) is 0 Å². The van der Waals surface area contributed by atoms with Crippen molar-refractivity contribution in [2.75, 3.05) is 0 Å². The molecule has 1 atom stereocenters. The number of nitrogens with zero attached hydrogens (tertiary/aromatic N) is 3. The number of nitrogens with one attached hydrogen (secondary N) is 1. The largest absolute Gasteiger partial charge is 0.338 e. The Morgan fingerprint density at radius 3 is 2.76 bits per heavy atom. The molecule has 0 radical (unpaired) electrons. The molecule has 1 unspecified atom stereocenters. The van der Waals surface area contributed by atoms with Crippen molar-refractivity contribution < 1.29 is 0 Å². The number of imidazole rings is 1. The Morgan fingerprint density at radius 2 is 2.29 bits per heavy atom. The molecule has 92 valence electrons. The third kappa shape index (κ3) is 2.54. The number of aromatic nitrogens is 3. The molecule has 2 aromatic heterocycles. The molecule has 2 aromatic rings. The van der Waals surface area contributed by atoms with Crippen molar-refractivity contribution in [3.05, 3.63) is 33.8 Å². The Morgan fingerprint density at radius 1 is 1.53 bits per heavy atom. The molecule has 0 saturated carbocycles. The van der Waals surface area contributed by atoms with E-state index in [0.717, 1.165) is 22.9 Å². The maximum Gasteiger partial charge on any atom is 0.110 e. The maximum atomic E-state index is 5.64. The Kier molecular flexibility index (Phi) is 3.56. The summed E-state index contributed by atoms with van der Waals surface area (Å²) in [5.41, 5.74) is 3.90. The van der Waals surface area contributed by atoms with E-state index in [0.29, 0.717) is 0 Å². The third-order valence-electron chi connectivity index (χ3n) is 2.76. The van der Waals surface area contributed by atoms with Gasteiger partial charge in [0.1, 0.15) is 5.82 Å². The van der Waals surface area contributed by atoms with Gasteiger partial charge in [0, 0.05) is 30.7 Å². The molecule has 0 saturated heterocycles. The summed E-state index contributed by atoms with van der Waals surface area (Å²) in [5, 5.41) is 1.07. The van der Waals surface area contributed by atoms with Crippen LogP contribution in [-0.4, -0.2) is 14.5 Å². The third-order valence-corrected chi connectivity index (χ3v) is 3.95. The Labute approximate surface area is 105 Å². The fourth-order valence-electron chi connectivity index (χ4n) is 1.87. The summed E-state index contributed by atoms with van der Waals surface area (Å²) < 4.78 is 2.01. The normalized spacial score (nSPS) is 12.9. The van der Waals surface area contributed by atoms with E-state index in [1.54, 1.807) is 17.5 Å². The van der Waals surface area contributed by atoms with Gasteiger partial charge in [-0.3, -0.25) is 11.3 Å². The predicted molar refractivity (Wildman–Crippen MR) is 68.6 cm³/mol. The van der Waals surface area contributed by atoms with Gasteiger partial charge in [0.2, 0.25) is 0 Å². The maximum absolute atomic E-state index is 5.64. The second-order valence-electron chi connectivity index (χ2n) is 4.06. The summed E-state index contributed by atoms with van der Waals surface area (Å²) in [6, 6.07) is 0.0716. The lowest BCUT2D eigenvalue weighted by atomic mass is 10.1. The van der Waals surface area contributed by atoms with Crippen LogP contribution in [0.25, 0.3) is 0 Å². The lowest BCUT2D eigenvalue weighted by molar-refractivity contribution is 0.535. The minimum Gasteiger partial charge on any atom is -0.338 e. The highest BCUT2D eigenvalue weighted by Crippen LogP contribution is 2.26. The fraction of sp³-hybridized carbons (Fsp3) is 0.455. The molecule has 0 spiro atoms. The van der Waals surface area contributed by atoms with Gasteiger partial charge in [0.15, 0.2) is 0 Å². The number of aryl methyl sites for hydroxylation is 3. The lowest BCUT2D eigenvalue weighted by Crippen LogP contribution is -2.30. The van der Waals surface area contributed by atoms with E-state index in [1.165, 1.54) is 4.88 Å². The first kappa shape index (κ1) is 12.2. The molecule has 17 heavy (non-hydrogen) atoms. The minimum absolute atomic E-state index is 0.0716. The topological polar surface area (TPSA) is 68.8 Å². The van der Waals surface area contributed by atoms with Crippen LogP contribution in [0.4, 0.5) is 0 Å². The molecule has 6 heteroatoms. The van der Waals surface area contributed by atoms with Crippen LogP contribution in [0.15, 0.2) is 12.4 Å². The van der Waals surface area contributed by atoms with Crippen LogP contribution < -0.4 is 11.3 Å². The van der Waals surface area contributed by atoms with Gasteiger partial charge in [-0.15, -0.1) is 11.3 Å². The van der Waals surface area contributed by atoms with Crippen LogP contribution in [-0.2, 0) is 13.5 Å². The highest BCUT2D eigenvalue weighted by atomic mass is 32.1. The van der Waals surface area contributed by atoms with E-state index < -0.39 is 0 Å². The molecule has 5 nitrogen and oxygen atoms in total. The Balaban J connectivity index is 2.23. The highest BCUT2D eigenvalue weighted by Gasteiger charge is 2.18. The highest BCUT2D eigenvalue weighted by molar-refractivity contribution is 7.11. The van der Waals surface area contributed by atoms with E-state index in [4.69, 9.17) is 5.84 Å². The van der Waals surface area contributed by atoms with Gasteiger partial charge in [-0.25, -0.2) is 9.97 Å². The van der Waals surface area contributed by atoms with E-state index in [2.05, 4.69) is 15.4 Å². The smallest absolute Gasteiger partial charge is 0.110 e. The summed E-state index contributed by atoms with van der Waals surface area (Å²) in [6.45, 7) is 4.02. The minimum atomic E-state index is 0.0716. The predicted octanol–water partition coefficient (Wildman–Crippen LogP) is 1.24. The van der Waals surface area contributed by atoms with Crippen LogP contribution in [0.3, 0.4) is 0 Å². The van der Waals surface area contributed by atoms with Crippen LogP contribution in [0.2, 0.25) is 0 Å². The number of rotatable bonds is 4. The lowest BCUT2D eigenvalue weighted by Gasteiger charge is -2.14. The van der Waals surface area contributed by atoms with E-state index in [-0.39, 0.29) is 6.04 Å². The molecule has 0 amide bonds. The molecule has 0 fully saturated rings. The van der Waals surface area contributed by atoms with Gasteiger partial charge >= 0.3 is 0 Å². The van der Waals surface area contributed by atoms with Crippen molar-refractivity contribution in [3.63, 3.8) is 0 Å². The molecule has 2 heterocycles. The number of nitrogens with two attached hydrogens (primary N) is 1. The zero-order valence-corrected chi connectivity index (χ0v) is 11.1. The average Bonchev–Trinajstić information content (AvgIpc) is 2.82. The second kappa shape index (κ2) is 4.95. The van der Waals surface area contributed by atoms with Crippen molar-refractivity contribution in [2.45, 2.75) is 26.3 Å². The molecule has 0 bridgehead atoms. The van der Waals surface area contributed by atoms with Crippen molar-refractivity contribution in [1.29, 1.82) is 0 Å². The van der Waals surface area contributed by atoms with Crippen molar-refractivity contribution >= 4 is 11.3 Å². The summed E-state index contributed by atoms with van der Waals surface area (Å²) >= 11 is 1.68. The SMILES string of the molecule is Cc1nc(C)c(C(Cc2nccn2C)NN)s1. The summed E-state index contributed by atoms with van der Waals surface area (Å²) in [6.07, 6.45) is 4.50. The standard InChI is InChI=1S/C11H17N5S/c1-7-11(17-8(2)14-7)9(15-12)6-10-13-4-5-16(10)3/h4-5,9,15H,6,12H2,1-3H3. The van der Waals surface area contributed by atoms with E-state index in [1.807, 2.05) is 31.7 Å². The zero-order chi connectivity index (χ0) is 12.4. The van der Waals surface area contributed by atoms with Crippen molar-refractivity contribution in [2.24, 2.45) is 12.9 Å². The van der Waals surface area contributed by atoms with Crippen molar-refractivity contribution in [3.8, 4) is 0 Å². The summed E-state index contributed by atoms with van der Waals surface area (Å²) in [4.78, 5) is 9.93. The van der Waals surface area contributed by atoms with Crippen LogP contribution >= 0.6 is 11.3 Å². The quantitative estimate of drug-likeness (QED) is 0.633. The zero-order valence-electron chi connectivity index (χ0n) is 10.3.